The molecule has 0 bridgehead atoms. The summed E-state index contributed by atoms with van der Waals surface area (Å²) in [6.45, 7) is 11.5. The lowest BCUT2D eigenvalue weighted by Gasteiger charge is -2.29. The summed E-state index contributed by atoms with van der Waals surface area (Å²) in [6.07, 6.45) is 1.82. The number of methoxy groups -OCH3 is 1. The Morgan fingerprint density at radius 3 is 2.61 bits per heavy atom. The molecule has 0 saturated carbocycles. The molecule has 8 heteroatoms. The number of anilines is 2. The van der Waals surface area contributed by atoms with Gasteiger partial charge in [0.1, 0.15) is 0 Å². The van der Waals surface area contributed by atoms with Crippen molar-refractivity contribution in [3.05, 3.63) is 76.9 Å². The van der Waals surface area contributed by atoms with Crippen LogP contribution < -0.4 is 15.5 Å². The van der Waals surface area contributed by atoms with Crippen molar-refractivity contribution < 1.29 is 9.53 Å². The number of pyridine rings is 1. The van der Waals surface area contributed by atoms with E-state index >= 15 is 0 Å². The number of carbonyl (C=O) groups is 1. The van der Waals surface area contributed by atoms with Crippen LogP contribution in [0.2, 0.25) is 0 Å². The van der Waals surface area contributed by atoms with Gasteiger partial charge < -0.3 is 24.8 Å². The molecule has 0 aliphatic carbocycles. The fraction of sp³-hybridized carbons (Fsp3) is 0.393. The first-order valence-corrected chi connectivity index (χ1v) is 12.7. The van der Waals surface area contributed by atoms with Gasteiger partial charge in [-0.05, 0) is 80.5 Å². The highest BCUT2D eigenvalue weighted by Gasteiger charge is 2.42. The topological polar surface area (TPSA) is 71.4 Å². The lowest BCUT2D eigenvalue weighted by Crippen LogP contribution is -2.29. The fourth-order valence-electron chi connectivity index (χ4n) is 4.82. The largest absolute Gasteiger partial charge is 0.383 e. The molecule has 1 saturated heterocycles. The van der Waals surface area contributed by atoms with Crippen LogP contribution in [0.5, 0.6) is 0 Å². The van der Waals surface area contributed by atoms with Crippen LogP contribution >= 0.6 is 12.2 Å². The SMILES string of the molecule is COCCn1c(C)cc([C@@H]2[C@@H](c3ccccn3)NC(=S)N2c2ccc(NC(=O)C(C)C)c(C)c2)c1C. The van der Waals surface area contributed by atoms with Gasteiger partial charge in [-0.2, -0.15) is 0 Å². The zero-order valence-corrected chi connectivity index (χ0v) is 22.6. The highest BCUT2D eigenvalue weighted by molar-refractivity contribution is 7.80. The highest BCUT2D eigenvalue weighted by Crippen LogP contribution is 2.43. The fourth-order valence-corrected chi connectivity index (χ4v) is 5.16. The van der Waals surface area contributed by atoms with Crippen molar-refractivity contribution in [3.8, 4) is 0 Å². The second kappa shape index (κ2) is 10.8. The third kappa shape index (κ3) is 5.01. The molecule has 0 radical (unpaired) electrons. The van der Waals surface area contributed by atoms with Gasteiger partial charge in [0, 0.05) is 48.5 Å². The van der Waals surface area contributed by atoms with E-state index in [0.29, 0.717) is 11.7 Å². The number of hydrogen-bond donors (Lipinski definition) is 2. The number of thiocarbonyl (C=S) groups is 1. The molecular formula is C28H35N5O2S. The second-order valence-corrected chi connectivity index (χ2v) is 10.00. The third-order valence-corrected chi connectivity index (χ3v) is 7.13. The van der Waals surface area contributed by atoms with Crippen molar-refractivity contribution in [3.63, 3.8) is 0 Å². The molecule has 0 unspecified atom stereocenters. The first-order chi connectivity index (χ1) is 17.2. The zero-order chi connectivity index (χ0) is 26.0. The Morgan fingerprint density at radius 2 is 1.97 bits per heavy atom. The molecule has 7 nitrogen and oxygen atoms in total. The predicted molar refractivity (Wildman–Crippen MR) is 148 cm³/mol. The molecule has 2 N–H and O–H groups in total. The monoisotopic (exact) mass is 505 g/mol. The molecule has 1 amide bonds. The predicted octanol–water partition coefficient (Wildman–Crippen LogP) is 5.23. The average Bonchev–Trinajstić information content (AvgIpc) is 3.34. The summed E-state index contributed by atoms with van der Waals surface area (Å²) < 4.78 is 7.65. The van der Waals surface area contributed by atoms with Gasteiger partial charge in [-0.1, -0.05) is 19.9 Å². The molecule has 2 aromatic heterocycles. The number of ether oxygens (including phenoxy) is 1. The Labute approximate surface area is 218 Å². The number of nitrogens with one attached hydrogen (secondary N) is 2. The van der Waals surface area contributed by atoms with Crippen LogP contribution in [0.4, 0.5) is 11.4 Å². The Hall–Kier alpha value is -3.23. The number of aryl methyl sites for hydroxylation is 2. The Bertz CT molecular complexity index is 1250. The number of carbonyl (C=O) groups excluding carboxylic acids is 1. The van der Waals surface area contributed by atoms with Crippen LogP contribution in [0, 0.1) is 26.7 Å². The van der Waals surface area contributed by atoms with E-state index in [1.165, 1.54) is 17.0 Å². The number of aromatic nitrogens is 2. The van der Waals surface area contributed by atoms with Gasteiger partial charge in [-0.15, -0.1) is 0 Å². The smallest absolute Gasteiger partial charge is 0.226 e. The van der Waals surface area contributed by atoms with E-state index in [-0.39, 0.29) is 23.9 Å². The van der Waals surface area contributed by atoms with Gasteiger partial charge in [0.05, 0.1) is 24.4 Å². The first kappa shape index (κ1) is 25.9. The molecule has 2 atom stereocenters. The Morgan fingerprint density at radius 1 is 1.19 bits per heavy atom. The number of benzene rings is 1. The van der Waals surface area contributed by atoms with Crippen molar-refractivity contribution >= 4 is 34.6 Å². The molecule has 190 valence electrons. The quantitative estimate of drug-likeness (QED) is 0.409. The van der Waals surface area contributed by atoms with Crippen LogP contribution in [0.1, 0.15) is 54.1 Å². The summed E-state index contributed by atoms with van der Waals surface area (Å²) in [5.74, 6) is -0.0860. The number of nitrogens with zero attached hydrogens (tertiary/aromatic N) is 3. The van der Waals surface area contributed by atoms with E-state index in [1.54, 1.807) is 7.11 Å². The molecule has 1 fully saturated rings. The molecule has 4 rings (SSSR count). The van der Waals surface area contributed by atoms with E-state index in [2.05, 4.69) is 51.1 Å². The maximum atomic E-state index is 12.3. The molecule has 1 aliphatic rings. The van der Waals surface area contributed by atoms with Gasteiger partial charge in [-0.3, -0.25) is 9.78 Å². The number of amides is 1. The lowest BCUT2D eigenvalue weighted by molar-refractivity contribution is -0.118. The molecule has 36 heavy (non-hydrogen) atoms. The van der Waals surface area contributed by atoms with Crippen molar-refractivity contribution in [2.24, 2.45) is 5.92 Å². The molecule has 3 heterocycles. The zero-order valence-electron chi connectivity index (χ0n) is 21.8. The van der Waals surface area contributed by atoms with E-state index in [0.717, 1.165) is 29.2 Å². The normalized spacial score (nSPS) is 17.5. The van der Waals surface area contributed by atoms with Gasteiger partial charge in [-0.25, -0.2) is 0 Å². The summed E-state index contributed by atoms with van der Waals surface area (Å²) in [6, 6.07) is 14.1. The summed E-state index contributed by atoms with van der Waals surface area (Å²) in [5.41, 5.74) is 7.26. The molecule has 0 spiro atoms. The van der Waals surface area contributed by atoms with Crippen molar-refractivity contribution in [1.82, 2.24) is 14.9 Å². The Balaban J connectivity index is 1.78. The minimum atomic E-state index is -0.115. The summed E-state index contributed by atoms with van der Waals surface area (Å²) in [4.78, 5) is 19.1. The van der Waals surface area contributed by atoms with Crippen LogP contribution in [0.3, 0.4) is 0 Å². The Kier molecular flexibility index (Phi) is 7.76. The van der Waals surface area contributed by atoms with Gasteiger partial charge in [0.15, 0.2) is 5.11 Å². The highest BCUT2D eigenvalue weighted by atomic mass is 32.1. The summed E-state index contributed by atoms with van der Waals surface area (Å²) in [5, 5.41) is 7.21. The molecule has 1 aliphatic heterocycles. The minimum absolute atomic E-state index is 0.000742. The van der Waals surface area contributed by atoms with Crippen LogP contribution in [-0.4, -0.2) is 34.3 Å². The van der Waals surface area contributed by atoms with Crippen LogP contribution in [-0.2, 0) is 16.1 Å². The standard InChI is InChI=1S/C28H35N5O2S/c1-17(2)27(34)30-23-11-10-21(15-18(23)3)33-26(22-16-19(4)32(20(22)5)13-14-35-6)25(31-28(33)36)24-9-7-8-12-29-24/h7-12,15-17,25-26H,13-14H2,1-6H3,(H,30,34)(H,31,36)/t25-,26-/m1/s1. The van der Waals surface area contributed by atoms with Crippen LogP contribution in [0.25, 0.3) is 0 Å². The second-order valence-electron chi connectivity index (χ2n) is 9.61. The van der Waals surface area contributed by atoms with E-state index in [1.807, 2.05) is 57.3 Å². The number of rotatable bonds is 8. The first-order valence-electron chi connectivity index (χ1n) is 12.3. The third-order valence-electron chi connectivity index (χ3n) is 6.82. The minimum Gasteiger partial charge on any atom is -0.383 e. The lowest BCUT2D eigenvalue weighted by atomic mass is 9.96. The molecule has 1 aromatic carbocycles. The van der Waals surface area contributed by atoms with Gasteiger partial charge in [0.25, 0.3) is 0 Å². The van der Waals surface area contributed by atoms with Crippen molar-refractivity contribution in [1.29, 1.82) is 0 Å². The maximum absolute atomic E-state index is 12.3. The maximum Gasteiger partial charge on any atom is 0.226 e. The van der Waals surface area contributed by atoms with Crippen molar-refractivity contribution in [2.75, 3.05) is 23.9 Å². The van der Waals surface area contributed by atoms with Gasteiger partial charge in [0.2, 0.25) is 5.91 Å². The van der Waals surface area contributed by atoms with E-state index in [9.17, 15) is 4.79 Å². The average molecular weight is 506 g/mol. The summed E-state index contributed by atoms with van der Waals surface area (Å²) >= 11 is 5.90. The van der Waals surface area contributed by atoms with Crippen LogP contribution in [0.15, 0.2) is 48.7 Å². The molecular weight excluding hydrogens is 470 g/mol. The van der Waals surface area contributed by atoms with E-state index in [4.69, 9.17) is 17.0 Å². The van der Waals surface area contributed by atoms with E-state index < -0.39 is 0 Å². The summed E-state index contributed by atoms with van der Waals surface area (Å²) in [7, 11) is 1.73. The molecule has 3 aromatic rings. The van der Waals surface area contributed by atoms with Crippen molar-refractivity contribution in [2.45, 2.75) is 53.2 Å². The number of hydrogen-bond acceptors (Lipinski definition) is 4. The van der Waals surface area contributed by atoms with Gasteiger partial charge >= 0.3 is 0 Å².